The van der Waals surface area contributed by atoms with Crippen LogP contribution >= 0.6 is 23.6 Å². The molecule has 0 amide bonds. The summed E-state index contributed by atoms with van der Waals surface area (Å²) >= 11 is 6.79. The van der Waals surface area contributed by atoms with Crippen molar-refractivity contribution in [3.05, 3.63) is 65.7 Å². The summed E-state index contributed by atoms with van der Waals surface area (Å²) in [4.78, 5) is 6.54. The molecule has 0 bridgehead atoms. The third kappa shape index (κ3) is 2.99. The van der Waals surface area contributed by atoms with Gasteiger partial charge in [0.1, 0.15) is 0 Å². The highest BCUT2D eigenvalue weighted by Gasteiger charge is 2.06. The molecule has 0 radical (unpaired) electrons. The van der Waals surface area contributed by atoms with Gasteiger partial charge < -0.3 is 5.32 Å². The Kier molecular flexibility index (Phi) is 3.94. The SMILES string of the molecule is S=C(N/N=C/c1cn2c(nc3ccccc32)s1)Nc1ccccc1. The number of thiocarbonyl (C=S) groups is 1. The van der Waals surface area contributed by atoms with E-state index in [4.69, 9.17) is 12.2 Å². The van der Waals surface area contributed by atoms with Crippen molar-refractivity contribution in [3.63, 3.8) is 0 Å². The van der Waals surface area contributed by atoms with Crippen LogP contribution in [0.15, 0.2) is 65.9 Å². The van der Waals surface area contributed by atoms with E-state index in [1.54, 1.807) is 17.6 Å². The number of nitrogens with one attached hydrogen (secondary N) is 2. The van der Waals surface area contributed by atoms with Crippen molar-refractivity contribution in [1.29, 1.82) is 0 Å². The highest BCUT2D eigenvalue weighted by molar-refractivity contribution is 7.80. The topological polar surface area (TPSA) is 53.7 Å². The molecule has 0 atom stereocenters. The maximum Gasteiger partial charge on any atom is 0.195 e. The summed E-state index contributed by atoms with van der Waals surface area (Å²) in [5.74, 6) is 0. The van der Waals surface area contributed by atoms with Crippen LogP contribution in [0.2, 0.25) is 0 Å². The predicted molar refractivity (Wildman–Crippen MR) is 104 cm³/mol. The van der Waals surface area contributed by atoms with Gasteiger partial charge >= 0.3 is 0 Å². The lowest BCUT2D eigenvalue weighted by Gasteiger charge is -2.05. The van der Waals surface area contributed by atoms with Gasteiger partial charge in [-0.25, -0.2) is 4.98 Å². The van der Waals surface area contributed by atoms with Crippen LogP contribution in [0.1, 0.15) is 4.88 Å². The largest absolute Gasteiger partial charge is 0.331 e. The molecule has 0 aliphatic carbocycles. The first-order valence-corrected chi connectivity index (χ1v) is 8.54. The molecule has 2 N–H and O–H groups in total. The van der Waals surface area contributed by atoms with Crippen LogP contribution in [0.25, 0.3) is 16.0 Å². The number of hydrogen-bond donors (Lipinski definition) is 2. The molecule has 2 heterocycles. The number of fused-ring (bicyclic) bond motifs is 3. The number of thiazole rings is 1. The van der Waals surface area contributed by atoms with Crippen molar-refractivity contribution in [3.8, 4) is 0 Å². The summed E-state index contributed by atoms with van der Waals surface area (Å²) in [6.07, 6.45) is 3.77. The van der Waals surface area contributed by atoms with Crippen LogP contribution in [0.5, 0.6) is 0 Å². The van der Waals surface area contributed by atoms with Gasteiger partial charge in [-0.05, 0) is 36.5 Å². The lowest BCUT2D eigenvalue weighted by molar-refractivity contribution is 1.05. The van der Waals surface area contributed by atoms with Crippen LogP contribution in [-0.4, -0.2) is 20.7 Å². The number of anilines is 1. The molecule has 24 heavy (non-hydrogen) atoms. The summed E-state index contributed by atoms with van der Waals surface area (Å²) in [6.45, 7) is 0. The Labute approximate surface area is 147 Å². The molecule has 0 spiro atoms. The molecule has 0 saturated carbocycles. The van der Waals surface area contributed by atoms with E-state index in [2.05, 4.69) is 31.3 Å². The van der Waals surface area contributed by atoms with Gasteiger partial charge in [0.25, 0.3) is 0 Å². The van der Waals surface area contributed by atoms with Crippen molar-refractivity contribution in [2.45, 2.75) is 0 Å². The quantitative estimate of drug-likeness (QED) is 0.334. The number of para-hydroxylation sites is 3. The fourth-order valence-corrected chi connectivity index (χ4v) is 3.41. The fourth-order valence-electron chi connectivity index (χ4n) is 2.37. The van der Waals surface area contributed by atoms with Gasteiger partial charge in [0.2, 0.25) is 0 Å². The average molecular weight is 351 g/mol. The van der Waals surface area contributed by atoms with Gasteiger partial charge in [0, 0.05) is 11.9 Å². The number of hydrazone groups is 1. The van der Waals surface area contributed by atoms with Crippen LogP contribution in [0.4, 0.5) is 5.69 Å². The van der Waals surface area contributed by atoms with Gasteiger partial charge in [0.05, 0.1) is 22.1 Å². The molecule has 2 aromatic carbocycles. The number of nitrogens with zero attached hydrogens (tertiary/aromatic N) is 3. The zero-order valence-corrected chi connectivity index (χ0v) is 14.1. The van der Waals surface area contributed by atoms with Crippen LogP contribution < -0.4 is 10.7 Å². The zero-order valence-electron chi connectivity index (χ0n) is 12.5. The maximum absolute atomic E-state index is 5.21. The van der Waals surface area contributed by atoms with Gasteiger partial charge in [-0.2, -0.15) is 5.10 Å². The van der Waals surface area contributed by atoms with E-state index in [9.17, 15) is 0 Å². The monoisotopic (exact) mass is 351 g/mol. The first-order chi connectivity index (χ1) is 11.8. The van der Waals surface area contributed by atoms with E-state index in [1.807, 2.05) is 54.7 Å². The molecule has 0 aliphatic rings. The lowest BCUT2D eigenvalue weighted by atomic mass is 10.3. The molecule has 0 aliphatic heterocycles. The van der Waals surface area contributed by atoms with E-state index in [1.165, 1.54) is 0 Å². The normalized spacial score (nSPS) is 11.3. The Bertz CT molecular complexity index is 1030. The van der Waals surface area contributed by atoms with Crippen molar-refractivity contribution < 1.29 is 0 Å². The average Bonchev–Trinajstić information content (AvgIpc) is 3.13. The van der Waals surface area contributed by atoms with Crippen LogP contribution in [0, 0.1) is 0 Å². The van der Waals surface area contributed by atoms with E-state index in [0.717, 1.165) is 26.6 Å². The zero-order chi connectivity index (χ0) is 16.4. The molecule has 5 nitrogen and oxygen atoms in total. The molecule has 0 saturated heterocycles. The van der Waals surface area contributed by atoms with Crippen LogP contribution in [-0.2, 0) is 0 Å². The van der Waals surface area contributed by atoms with Crippen molar-refractivity contribution in [2.75, 3.05) is 5.32 Å². The summed E-state index contributed by atoms with van der Waals surface area (Å²) in [7, 11) is 0. The second-order valence-electron chi connectivity index (χ2n) is 5.08. The Morgan fingerprint density at radius 1 is 1.12 bits per heavy atom. The standard InChI is InChI=1S/C17H13N5S2/c23-16(19-12-6-2-1-3-7-12)21-18-10-13-11-22-15-9-5-4-8-14(15)20-17(22)24-13/h1-11H,(H2,19,21,23)/b18-10+. The van der Waals surface area contributed by atoms with E-state index in [0.29, 0.717) is 5.11 Å². The van der Waals surface area contributed by atoms with Gasteiger partial charge in [-0.3, -0.25) is 9.83 Å². The van der Waals surface area contributed by atoms with E-state index in [-0.39, 0.29) is 0 Å². The van der Waals surface area contributed by atoms with Gasteiger partial charge in [0.15, 0.2) is 10.1 Å². The summed E-state index contributed by atoms with van der Waals surface area (Å²) < 4.78 is 2.07. The summed E-state index contributed by atoms with van der Waals surface area (Å²) in [5, 5.41) is 7.70. The minimum absolute atomic E-state index is 0.448. The first-order valence-electron chi connectivity index (χ1n) is 7.31. The second kappa shape index (κ2) is 6.38. The molecule has 118 valence electrons. The number of aromatic nitrogens is 2. The van der Waals surface area contributed by atoms with Crippen molar-refractivity contribution >= 4 is 56.6 Å². The van der Waals surface area contributed by atoms with Gasteiger partial charge in [-0.1, -0.05) is 41.7 Å². The summed E-state index contributed by atoms with van der Waals surface area (Å²) in [5.41, 5.74) is 5.84. The Hall–Kier alpha value is -2.77. The second-order valence-corrected chi connectivity index (χ2v) is 6.53. The van der Waals surface area contributed by atoms with Crippen LogP contribution in [0.3, 0.4) is 0 Å². The Balaban J connectivity index is 1.46. The highest BCUT2D eigenvalue weighted by atomic mass is 32.1. The molecule has 4 rings (SSSR count). The number of rotatable bonds is 3. The first kappa shape index (κ1) is 14.8. The Morgan fingerprint density at radius 3 is 2.79 bits per heavy atom. The molecular formula is C17H13N5S2. The van der Waals surface area contributed by atoms with Gasteiger partial charge in [-0.15, -0.1) is 0 Å². The smallest absolute Gasteiger partial charge is 0.195 e. The third-order valence-electron chi connectivity index (χ3n) is 3.42. The number of benzene rings is 2. The lowest BCUT2D eigenvalue weighted by Crippen LogP contribution is -2.23. The third-order valence-corrected chi connectivity index (χ3v) is 4.53. The summed E-state index contributed by atoms with van der Waals surface area (Å²) in [6, 6.07) is 17.8. The van der Waals surface area contributed by atoms with Crippen molar-refractivity contribution in [1.82, 2.24) is 14.8 Å². The fraction of sp³-hybridized carbons (Fsp3) is 0. The molecule has 0 fully saturated rings. The molecule has 4 aromatic rings. The minimum Gasteiger partial charge on any atom is -0.331 e. The van der Waals surface area contributed by atoms with E-state index >= 15 is 0 Å². The Morgan fingerprint density at radius 2 is 1.92 bits per heavy atom. The van der Waals surface area contributed by atoms with E-state index < -0.39 is 0 Å². The minimum atomic E-state index is 0.448. The molecule has 2 aromatic heterocycles. The number of hydrogen-bond acceptors (Lipinski definition) is 4. The molecule has 7 heteroatoms. The maximum atomic E-state index is 5.21. The molecule has 0 unspecified atom stereocenters. The molecular weight excluding hydrogens is 338 g/mol. The number of imidazole rings is 1. The van der Waals surface area contributed by atoms with Crippen molar-refractivity contribution in [2.24, 2.45) is 5.10 Å². The highest BCUT2D eigenvalue weighted by Crippen LogP contribution is 2.22. The predicted octanol–water partition coefficient (Wildman–Crippen LogP) is 3.87.